The monoisotopic (exact) mass is 391 g/mol. The SMILES string of the molecule is COc1c(F)cccc1CSc1nc(N[C@H](C)CO)c2ncc(=O)[nH]c2n1. The molecule has 10 heteroatoms. The molecule has 0 saturated heterocycles. The molecule has 0 aliphatic rings. The van der Waals surface area contributed by atoms with Crippen molar-refractivity contribution in [1.82, 2.24) is 19.9 Å². The average Bonchev–Trinajstić information content (AvgIpc) is 2.65. The van der Waals surface area contributed by atoms with Crippen LogP contribution < -0.4 is 15.6 Å². The topological polar surface area (TPSA) is 113 Å². The number of anilines is 1. The lowest BCUT2D eigenvalue weighted by atomic mass is 10.2. The van der Waals surface area contributed by atoms with E-state index in [1.54, 1.807) is 19.1 Å². The van der Waals surface area contributed by atoms with Gasteiger partial charge in [-0.05, 0) is 13.0 Å². The molecule has 8 nitrogen and oxygen atoms in total. The molecule has 27 heavy (non-hydrogen) atoms. The fraction of sp³-hybridized carbons (Fsp3) is 0.294. The van der Waals surface area contributed by atoms with Crippen molar-refractivity contribution in [3.05, 3.63) is 46.1 Å². The number of aromatic amines is 1. The lowest BCUT2D eigenvalue weighted by Gasteiger charge is -2.14. The van der Waals surface area contributed by atoms with Crippen LogP contribution in [0.5, 0.6) is 5.75 Å². The van der Waals surface area contributed by atoms with Crippen LogP contribution in [0.25, 0.3) is 11.2 Å². The highest BCUT2D eigenvalue weighted by molar-refractivity contribution is 7.98. The number of H-pyrrole nitrogens is 1. The van der Waals surface area contributed by atoms with Gasteiger partial charge in [0.25, 0.3) is 5.56 Å². The van der Waals surface area contributed by atoms with Gasteiger partial charge in [0.15, 0.2) is 28.2 Å². The quantitative estimate of drug-likeness (QED) is 0.414. The molecule has 142 valence electrons. The Kier molecular flexibility index (Phi) is 5.87. The van der Waals surface area contributed by atoms with Crippen LogP contribution in [0, 0.1) is 5.82 Å². The number of aromatic nitrogens is 4. The van der Waals surface area contributed by atoms with E-state index >= 15 is 0 Å². The molecule has 1 aromatic carbocycles. The highest BCUT2D eigenvalue weighted by Crippen LogP contribution is 2.29. The third-order valence-corrected chi connectivity index (χ3v) is 4.58. The zero-order valence-corrected chi connectivity index (χ0v) is 15.5. The van der Waals surface area contributed by atoms with E-state index in [2.05, 4.69) is 25.3 Å². The number of nitrogens with one attached hydrogen (secondary N) is 2. The molecule has 3 N–H and O–H groups in total. The van der Waals surface area contributed by atoms with Crippen molar-refractivity contribution in [2.45, 2.75) is 23.9 Å². The largest absolute Gasteiger partial charge is 0.493 e. The molecule has 0 fully saturated rings. The van der Waals surface area contributed by atoms with Crippen molar-refractivity contribution < 1.29 is 14.2 Å². The van der Waals surface area contributed by atoms with E-state index in [9.17, 15) is 14.3 Å². The summed E-state index contributed by atoms with van der Waals surface area (Å²) >= 11 is 1.26. The first kappa shape index (κ1) is 19.1. The van der Waals surface area contributed by atoms with Gasteiger partial charge < -0.3 is 20.1 Å². The standard InChI is InChI=1S/C17H18FN5O3S/c1-9(7-24)20-15-13-16(21-12(25)6-19-13)23-17(22-15)27-8-10-4-3-5-11(18)14(10)26-2/h3-6,9,24H,7-8H2,1-2H3,(H2,20,21,22,23,25)/t9-/m1/s1. The third kappa shape index (κ3) is 4.34. The van der Waals surface area contributed by atoms with Gasteiger partial charge in [-0.15, -0.1) is 0 Å². The molecule has 2 heterocycles. The number of halogens is 1. The molecule has 0 aliphatic carbocycles. The predicted octanol–water partition coefficient (Wildman–Crippen LogP) is 1.95. The molecule has 1 atom stereocenters. The second-order valence-corrected chi connectivity index (χ2v) is 6.69. The minimum absolute atomic E-state index is 0.0994. The van der Waals surface area contributed by atoms with E-state index in [4.69, 9.17) is 4.74 Å². The second kappa shape index (κ2) is 8.31. The van der Waals surface area contributed by atoms with Gasteiger partial charge in [0, 0.05) is 17.4 Å². The van der Waals surface area contributed by atoms with Gasteiger partial charge >= 0.3 is 0 Å². The number of para-hydroxylation sites is 1. The maximum absolute atomic E-state index is 13.8. The van der Waals surface area contributed by atoms with Crippen molar-refractivity contribution in [2.24, 2.45) is 0 Å². The smallest absolute Gasteiger partial charge is 0.268 e. The van der Waals surface area contributed by atoms with Gasteiger partial charge in [0.2, 0.25) is 0 Å². The summed E-state index contributed by atoms with van der Waals surface area (Å²) in [7, 11) is 1.41. The molecular formula is C17H18FN5O3S. The van der Waals surface area contributed by atoms with Crippen LogP contribution in [-0.2, 0) is 5.75 Å². The number of aliphatic hydroxyl groups is 1. The van der Waals surface area contributed by atoms with E-state index in [1.165, 1.54) is 24.9 Å². The first-order chi connectivity index (χ1) is 13.0. The van der Waals surface area contributed by atoms with Crippen molar-refractivity contribution in [3.63, 3.8) is 0 Å². The third-order valence-electron chi connectivity index (χ3n) is 3.68. The number of hydrogen-bond donors (Lipinski definition) is 3. The maximum atomic E-state index is 13.8. The molecular weight excluding hydrogens is 373 g/mol. The predicted molar refractivity (Wildman–Crippen MR) is 101 cm³/mol. The average molecular weight is 391 g/mol. The Hall–Kier alpha value is -2.72. The Balaban J connectivity index is 1.94. The summed E-state index contributed by atoms with van der Waals surface area (Å²) in [5.41, 5.74) is 0.940. The van der Waals surface area contributed by atoms with Gasteiger partial charge in [-0.25, -0.2) is 19.3 Å². The summed E-state index contributed by atoms with van der Waals surface area (Å²) in [6.07, 6.45) is 1.14. The summed E-state index contributed by atoms with van der Waals surface area (Å²) in [4.78, 5) is 27.0. The molecule has 0 spiro atoms. The van der Waals surface area contributed by atoms with Gasteiger partial charge in [0.1, 0.15) is 5.52 Å². The summed E-state index contributed by atoms with van der Waals surface area (Å²) < 4.78 is 18.9. The fourth-order valence-corrected chi connectivity index (χ4v) is 3.22. The van der Waals surface area contributed by atoms with Crippen molar-refractivity contribution in [2.75, 3.05) is 19.0 Å². The number of thioether (sulfide) groups is 1. The molecule has 3 aromatic rings. The number of ether oxygens (including phenoxy) is 1. The summed E-state index contributed by atoms with van der Waals surface area (Å²) in [5, 5.41) is 12.7. The van der Waals surface area contributed by atoms with Crippen LogP contribution in [0.15, 0.2) is 34.3 Å². The fourth-order valence-electron chi connectivity index (χ4n) is 2.40. The van der Waals surface area contributed by atoms with Crippen molar-refractivity contribution >= 4 is 28.7 Å². The summed E-state index contributed by atoms with van der Waals surface area (Å²) in [5.74, 6) is 0.494. The van der Waals surface area contributed by atoms with Crippen LogP contribution in [0.3, 0.4) is 0 Å². The minimum atomic E-state index is -0.442. The minimum Gasteiger partial charge on any atom is -0.493 e. The summed E-state index contributed by atoms with van der Waals surface area (Å²) in [6.45, 7) is 1.68. The first-order valence-electron chi connectivity index (χ1n) is 8.10. The number of benzene rings is 1. The van der Waals surface area contributed by atoms with Crippen LogP contribution in [0.2, 0.25) is 0 Å². The maximum Gasteiger partial charge on any atom is 0.268 e. The summed E-state index contributed by atoms with van der Waals surface area (Å²) in [6, 6.07) is 4.42. The highest BCUT2D eigenvalue weighted by Gasteiger charge is 2.14. The highest BCUT2D eigenvalue weighted by atomic mass is 32.2. The number of rotatable bonds is 7. The van der Waals surface area contributed by atoms with E-state index in [0.29, 0.717) is 27.8 Å². The van der Waals surface area contributed by atoms with Crippen LogP contribution >= 0.6 is 11.8 Å². The van der Waals surface area contributed by atoms with E-state index < -0.39 is 5.82 Å². The molecule has 3 rings (SSSR count). The second-order valence-electron chi connectivity index (χ2n) is 5.75. The lowest BCUT2D eigenvalue weighted by Crippen LogP contribution is -2.21. The molecule has 0 saturated carbocycles. The molecule has 0 unspecified atom stereocenters. The van der Waals surface area contributed by atoms with E-state index in [0.717, 1.165) is 6.20 Å². The normalized spacial score (nSPS) is 12.1. The van der Waals surface area contributed by atoms with Gasteiger partial charge in [-0.3, -0.25) is 4.79 Å². The zero-order chi connectivity index (χ0) is 19.4. The molecule has 0 radical (unpaired) electrons. The molecule has 0 amide bonds. The number of hydrogen-bond acceptors (Lipinski definition) is 8. The lowest BCUT2D eigenvalue weighted by molar-refractivity contribution is 0.281. The molecule has 0 aliphatic heterocycles. The van der Waals surface area contributed by atoms with Gasteiger partial charge in [-0.2, -0.15) is 0 Å². The van der Waals surface area contributed by atoms with Crippen molar-refractivity contribution in [3.8, 4) is 5.75 Å². The van der Waals surface area contributed by atoms with E-state index in [-0.39, 0.29) is 29.6 Å². The number of aliphatic hydroxyl groups excluding tert-OH is 1. The Bertz CT molecular complexity index is 1010. The van der Waals surface area contributed by atoms with Gasteiger partial charge in [-0.1, -0.05) is 23.9 Å². The Labute approximate surface area is 158 Å². The molecule has 2 aromatic heterocycles. The molecule has 0 bridgehead atoms. The van der Waals surface area contributed by atoms with Crippen LogP contribution in [0.1, 0.15) is 12.5 Å². The number of fused-ring (bicyclic) bond motifs is 1. The Morgan fingerprint density at radius 2 is 2.22 bits per heavy atom. The Morgan fingerprint density at radius 1 is 1.41 bits per heavy atom. The number of nitrogens with zero attached hydrogens (tertiary/aromatic N) is 3. The first-order valence-corrected chi connectivity index (χ1v) is 9.09. The van der Waals surface area contributed by atoms with Gasteiger partial charge in [0.05, 0.1) is 19.9 Å². The van der Waals surface area contributed by atoms with E-state index in [1.807, 2.05) is 0 Å². The Morgan fingerprint density at radius 3 is 2.96 bits per heavy atom. The van der Waals surface area contributed by atoms with Crippen LogP contribution in [-0.4, -0.2) is 44.8 Å². The zero-order valence-electron chi connectivity index (χ0n) is 14.7. The van der Waals surface area contributed by atoms with Crippen LogP contribution in [0.4, 0.5) is 10.2 Å². The number of methoxy groups -OCH3 is 1. The van der Waals surface area contributed by atoms with Crippen molar-refractivity contribution in [1.29, 1.82) is 0 Å².